The summed E-state index contributed by atoms with van der Waals surface area (Å²) in [5.41, 5.74) is 5.45. The highest BCUT2D eigenvalue weighted by Crippen LogP contribution is 1.99. The molecular weight excluding hydrogens is 196 g/mol. The third-order valence-corrected chi connectivity index (χ3v) is 1.90. The van der Waals surface area contributed by atoms with E-state index in [1.165, 1.54) is 0 Å². The van der Waals surface area contributed by atoms with E-state index in [0.717, 1.165) is 18.8 Å². The van der Waals surface area contributed by atoms with Crippen LogP contribution in [0.5, 0.6) is 0 Å². The number of hydrogen-bond donors (Lipinski definition) is 1. The predicted octanol–water partition coefficient (Wildman–Crippen LogP) is -0.695. The van der Waals surface area contributed by atoms with Crippen molar-refractivity contribution >= 4 is 5.82 Å². The second-order valence-electron chi connectivity index (χ2n) is 3.16. The molecule has 8 nitrogen and oxygen atoms in total. The molecule has 15 heavy (non-hydrogen) atoms. The highest BCUT2D eigenvalue weighted by molar-refractivity contribution is 5.19. The van der Waals surface area contributed by atoms with Gasteiger partial charge < -0.3 is 5.73 Å². The molecule has 2 N–H and O–H groups in total. The minimum absolute atomic E-state index is 0.393. The summed E-state index contributed by atoms with van der Waals surface area (Å²) in [7, 11) is 0. The van der Waals surface area contributed by atoms with Gasteiger partial charge in [-0.3, -0.25) is 0 Å². The van der Waals surface area contributed by atoms with Gasteiger partial charge in [-0.15, -0.1) is 10.2 Å². The van der Waals surface area contributed by atoms with Gasteiger partial charge in [0.15, 0.2) is 11.6 Å². The summed E-state index contributed by atoms with van der Waals surface area (Å²) in [6.45, 7) is 3.35. The van der Waals surface area contributed by atoms with E-state index >= 15 is 0 Å². The number of tetrazole rings is 1. The van der Waals surface area contributed by atoms with E-state index in [2.05, 4.69) is 32.8 Å². The summed E-state index contributed by atoms with van der Waals surface area (Å²) >= 11 is 0. The summed E-state index contributed by atoms with van der Waals surface area (Å²) in [5, 5.41) is 18.9. The van der Waals surface area contributed by atoms with Crippen molar-refractivity contribution in [2.75, 3.05) is 5.73 Å². The fourth-order valence-electron chi connectivity index (χ4n) is 1.26. The summed E-state index contributed by atoms with van der Waals surface area (Å²) in [6.07, 6.45) is 2.63. The van der Waals surface area contributed by atoms with Crippen molar-refractivity contribution in [3.8, 4) is 0 Å². The van der Waals surface area contributed by atoms with Crippen LogP contribution in [0.1, 0.15) is 19.2 Å². The predicted molar refractivity (Wildman–Crippen MR) is 51.6 cm³/mol. The minimum Gasteiger partial charge on any atom is -0.381 e. The first-order chi connectivity index (χ1) is 7.29. The largest absolute Gasteiger partial charge is 0.381 e. The molecule has 0 aliphatic carbocycles. The molecule has 0 bridgehead atoms. The van der Waals surface area contributed by atoms with E-state index < -0.39 is 0 Å². The Balaban J connectivity index is 2.13. The van der Waals surface area contributed by atoms with Crippen LogP contribution in [-0.2, 0) is 13.1 Å². The molecule has 0 atom stereocenters. The number of nitrogens with zero attached hydrogens (tertiary/aromatic N) is 7. The zero-order valence-corrected chi connectivity index (χ0v) is 8.41. The van der Waals surface area contributed by atoms with Crippen molar-refractivity contribution in [1.29, 1.82) is 0 Å². The van der Waals surface area contributed by atoms with Gasteiger partial charge in [0.2, 0.25) is 0 Å². The molecule has 0 saturated carbocycles. The molecule has 0 unspecified atom stereocenters. The van der Waals surface area contributed by atoms with Crippen molar-refractivity contribution in [2.24, 2.45) is 0 Å². The van der Waals surface area contributed by atoms with Gasteiger partial charge in [0, 0.05) is 6.54 Å². The lowest BCUT2D eigenvalue weighted by molar-refractivity contribution is 0.526. The second kappa shape index (κ2) is 4.03. The maximum absolute atomic E-state index is 5.45. The minimum atomic E-state index is 0.393. The van der Waals surface area contributed by atoms with Gasteiger partial charge in [-0.1, -0.05) is 12.1 Å². The van der Waals surface area contributed by atoms with Crippen LogP contribution < -0.4 is 5.73 Å². The summed E-state index contributed by atoms with van der Waals surface area (Å²) in [4.78, 5) is 0. The van der Waals surface area contributed by atoms with Crippen LogP contribution in [0.4, 0.5) is 5.82 Å². The number of hydrogen-bond acceptors (Lipinski definition) is 6. The van der Waals surface area contributed by atoms with E-state index in [1.54, 1.807) is 15.6 Å². The van der Waals surface area contributed by atoms with Gasteiger partial charge in [-0.25, -0.2) is 9.36 Å². The van der Waals surface area contributed by atoms with Crippen LogP contribution in [0, 0.1) is 0 Å². The van der Waals surface area contributed by atoms with Crippen LogP contribution in [0.3, 0.4) is 0 Å². The smallest absolute Gasteiger partial charge is 0.172 e. The Kier molecular flexibility index (Phi) is 2.57. The lowest BCUT2D eigenvalue weighted by Gasteiger charge is -2.01. The lowest BCUT2D eigenvalue weighted by atomic mass is 10.5. The molecule has 0 fully saturated rings. The quantitative estimate of drug-likeness (QED) is 0.713. The van der Waals surface area contributed by atoms with Crippen molar-refractivity contribution < 1.29 is 0 Å². The third kappa shape index (κ3) is 2.09. The zero-order chi connectivity index (χ0) is 10.7. The Hall–Kier alpha value is -1.99. The maximum atomic E-state index is 5.45. The van der Waals surface area contributed by atoms with Gasteiger partial charge in [0.25, 0.3) is 0 Å². The molecule has 8 heteroatoms. The van der Waals surface area contributed by atoms with Gasteiger partial charge in [-0.05, 0) is 16.8 Å². The van der Waals surface area contributed by atoms with E-state index in [0.29, 0.717) is 12.4 Å². The molecule has 0 amide bonds. The number of nitrogen functional groups attached to an aromatic ring is 1. The molecule has 0 radical (unpaired) electrons. The number of anilines is 1. The molecule has 80 valence electrons. The van der Waals surface area contributed by atoms with Gasteiger partial charge in [-0.2, -0.15) is 0 Å². The zero-order valence-electron chi connectivity index (χ0n) is 8.41. The molecule has 0 saturated heterocycles. The lowest BCUT2D eigenvalue weighted by Crippen LogP contribution is -2.10. The molecule has 2 heterocycles. The standard InChI is InChI=1S/C7H12N8/c1-2-3-15-7(10-11-13-15)5-14-4-6(8)9-12-14/h4H,2-3,5,8H2,1H3. The summed E-state index contributed by atoms with van der Waals surface area (Å²) in [5.74, 6) is 1.14. The first-order valence-electron chi connectivity index (χ1n) is 4.70. The molecule has 0 spiro atoms. The first-order valence-corrected chi connectivity index (χ1v) is 4.70. The number of aromatic nitrogens is 7. The van der Waals surface area contributed by atoms with Crippen LogP contribution in [0.25, 0.3) is 0 Å². The Morgan fingerprint density at radius 1 is 1.33 bits per heavy atom. The Labute approximate surface area is 86.1 Å². The normalized spacial score (nSPS) is 10.7. The van der Waals surface area contributed by atoms with Gasteiger partial charge in [0.1, 0.15) is 6.54 Å². The summed E-state index contributed by atoms with van der Waals surface area (Å²) in [6, 6.07) is 0. The Bertz CT molecular complexity index is 430. The molecule has 0 aliphatic heterocycles. The number of nitrogens with two attached hydrogens (primary N) is 1. The summed E-state index contributed by atoms with van der Waals surface area (Å²) < 4.78 is 3.35. The fraction of sp³-hybridized carbons (Fsp3) is 0.571. The number of rotatable bonds is 4. The topological polar surface area (TPSA) is 100 Å². The molecule has 0 aliphatic rings. The second-order valence-corrected chi connectivity index (χ2v) is 3.16. The van der Waals surface area contributed by atoms with E-state index in [-0.39, 0.29) is 0 Å². The molecule has 2 aromatic heterocycles. The maximum Gasteiger partial charge on any atom is 0.172 e. The average molecular weight is 208 g/mol. The molecule has 2 aromatic rings. The molecule has 2 rings (SSSR count). The van der Waals surface area contributed by atoms with Crippen LogP contribution >= 0.6 is 0 Å². The van der Waals surface area contributed by atoms with Crippen LogP contribution in [0.15, 0.2) is 6.20 Å². The Morgan fingerprint density at radius 2 is 2.20 bits per heavy atom. The van der Waals surface area contributed by atoms with E-state index in [9.17, 15) is 0 Å². The van der Waals surface area contributed by atoms with Gasteiger partial charge >= 0.3 is 0 Å². The monoisotopic (exact) mass is 208 g/mol. The number of aryl methyl sites for hydroxylation is 1. The SMILES string of the molecule is CCCn1nnnc1Cn1cc(N)nn1. The van der Waals surface area contributed by atoms with Crippen LogP contribution in [-0.4, -0.2) is 35.2 Å². The van der Waals surface area contributed by atoms with E-state index in [1.807, 2.05) is 0 Å². The Morgan fingerprint density at radius 3 is 2.87 bits per heavy atom. The molecule has 0 aromatic carbocycles. The average Bonchev–Trinajstić information content (AvgIpc) is 2.78. The molecular formula is C7H12N8. The fourth-order valence-corrected chi connectivity index (χ4v) is 1.26. The van der Waals surface area contributed by atoms with Crippen molar-refractivity contribution in [1.82, 2.24) is 35.2 Å². The highest BCUT2D eigenvalue weighted by Gasteiger charge is 2.06. The van der Waals surface area contributed by atoms with Gasteiger partial charge in [0.05, 0.1) is 6.20 Å². The third-order valence-electron chi connectivity index (χ3n) is 1.90. The highest BCUT2D eigenvalue weighted by atomic mass is 15.6. The van der Waals surface area contributed by atoms with Crippen LogP contribution in [0.2, 0.25) is 0 Å². The van der Waals surface area contributed by atoms with E-state index in [4.69, 9.17) is 5.73 Å². The van der Waals surface area contributed by atoms with Crippen molar-refractivity contribution in [2.45, 2.75) is 26.4 Å². The first kappa shape index (κ1) is 9.56. The van der Waals surface area contributed by atoms with Crippen molar-refractivity contribution in [3.63, 3.8) is 0 Å². The van der Waals surface area contributed by atoms with Crippen molar-refractivity contribution in [3.05, 3.63) is 12.0 Å².